The van der Waals surface area contributed by atoms with Crippen LogP contribution in [0.1, 0.15) is 18.1 Å². The fourth-order valence-electron chi connectivity index (χ4n) is 2.27. The number of nitrogens with zero attached hydrogens (tertiary/aromatic N) is 2. The van der Waals surface area contributed by atoms with E-state index < -0.39 is 0 Å². The summed E-state index contributed by atoms with van der Waals surface area (Å²) in [5.41, 5.74) is 3.24. The molecular formula is C16H20FN3. The van der Waals surface area contributed by atoms with Gasteiger partial charge in [-0.25, -0.2) is 4.39 Å². The second-order valence-electron chi connectivity index (χ2n) is 4.67. The van der Waals surface area contributed by atoms with E-state index in [1.807, 2.05) is 25.2 Å². The number of aromatic nitrogens is 1. The summed E-state index contributed by atoms with van der Waals surface area (Å²) in [7, 11) is 1.87. The molecule has 0 aliphatic rings. The van der Waals surface area contributed by atoms with Crippen LogP contribution >= 0.6 is 0 Å². The second kappa shape index (κ2) is 7.01. The fraction of sp³-hybridized carbons (Fsp3) is 0.312. The molecule has 0 unspecified atom stereocenters. The Morgan fingerprint density at radius 1 is 1.20 bits per heavy atom. The quantitative estimate of drug-likeness (QED) is 0.877. The van der Waals surface area contributed by atoms with E-state index in [-0.39, 0.29) is 5.82 Å². The Hall–Kier alpha value is -1.94. The molecule has 0 fully saturated rings. The van der Waals surface area contributed by atoms with Gasteiger partial charge in [-0.2, -0.15) is 0 Å². The van der Waals surface area contributed by atoms with Crippen LogP contribution < -0.4 is 10.2 Å². The summed E-state index contributed by atoms with van der Waals surface area (Å²) in [4.78, 5) is 6.27. The highest BCUT2D eigenvalue weighted by molar-refractivity contribution is 5.54. The lowest BCUT2D eigenvalue weighted by molar-refractivity contribution is 0.623. The summed E-state index contributed by atoms with van der Waals surface area (Å²) in [5.74, 6) is -0.195. The van der Waals surface area contributed by atoms with E-state index in [0.717, 1.165) is 24.3 Å². The number of benzene rings is 1. The molecule has 20 heavy (non-hydrogen) atoms. The van der Waals surface area contributed by atoms with Crippen molar-refractivity contribution in [2.45, 2.75) is 20.0 Å². The Morgan fingerprint density at radius 3 is 2.60 bits per heavy atom. The topological polar surface area (TPSA) is 28.2 Å². The van der Waals surface area contributed by atoms with E-state index in [2.05, 4.69) is 22.1 Å². The average molecular weight is 273 g/mol. The van der Waals surface area contributed by atoms with Gasteiger partial charge in [0.05, 0.1) is 0 Å². The minimum atomic E-state index is -0.195. The Labute approximate surface area is 119 Å². The zero-order valence-corrected chi connectivity index (χ0v) is 11.9. The molecule has 3 nitrogen and oxygen atoms in total. The first-order valence-corrected chi connectivity index (χ1v) is 6.81. The first-order valence-electron chi connectivity index (χ1n) is 6.81. The maximum absolute atomic E-state index is 13.4. The molecule has 1 aromatic carbocycles. The van der Waals surface area contributed by atoms with Gasteiger partial charge >= 0.3 is 0 Å². The Kier molecular flexibility index (Phi) is 5.07. The van der Waals surface area contributed by atoms with Crippen LogP contribution in [0, 0.1) is 5.82 Å². The van der Waals surface area contributed by atoms with E-state index in [0.29, 0.717) is 6.54 Å². The van der Waals surface area contributed by atoms with Crippen molar-refractivity contribution in [1.82, 2.24) is 10.3 Å². The van der Waals surface area contributed by atoms with Crippen LogP contribution in [0.5, 0.6) is 0 Å². The summed E-state index contributed by atoms with van der Waals surface area (Å²) >= 11 is 0. The number of hydrogen-bond donors (Lipinski definition) is 1. The van der Waals surface area contributed by atoms with Crippen LogP contribution in [0.3, 0.4) is 0 Å². The van der Waals surface area contributed by atoms with Crippen LogP contribution in [0.15, 0.2) is 42.7 Å². The molecule has 2 rings (SSSR count). The molecule has 1 N–H and O–H groups in total. The largest absolute Gasteiger partial charge is 0.367 e. The molecule has 0 spiro atoms. The van der Waals surface area contributed by atoms with Gasteiger partial charge in [-0.3, -0.25) is 4.98 Å². The van der Waals surface area contributed by atoms with Crippen LogP contribution in [-0.2, 0) is 13.1 Å². The SMILES string of the molecule is CCN(Cc1ccncc1)c1ccc(F)cc1CNC. The van der Waals surface area contributed by atoms with Crippen molar-refractivity contribution < 1.29 is 4.39 Å². The molecule has 4 heteroatoms. The van der Waals surface area contributed by atoms with Gasteiger partial charge in [0, 0.05) is 37.7 Å². The van der Waals surface area contributed by atoms with Gasteiger partial charge < -0.3 is 10.2 Å². The van der Waals surface area contributed by atoms with E-state index in [1.54, 1.807) is 18.5 Å². The summed E-state index contributed by atoms with van der Waals surface area (Å²) in [6.45, 7) is 4.42. The highest BCUT2D eigenvalue weighted by Gasteiger charge is 2.11. The molecule has 0 saturated carbocycles. The predicted octanol–water partition coefficient (Wildman–Crippen LogP) is 2.97. The smallest absolute Gasteiger partial charge is 0.123 e. The van der Waals surface area contributed by atoms with E-state index >= 15 is 0 Å². The zero-order valence-electron chi connectivity index (χ0n) is 11.9. The Bertz CT molecular complexity index is 543. The molecule has 0 radical (unpaired) electrons. The molecule has 0 atom stereocenters. The maximum Gasteiger partial charge on any atom is 0.123 e. The molecule has 106 valence electrons. The van der Waals surface area contributed by atoms with E-state index in [9.17, 15) is 4.39 Å². The third-order valence-electron chi connectivity index (χ3n) is 3.25. The van der Waals surface area contributed by atoms with Gasteiger partial charge in [-0.15, -0.1) is 0 Å². The van der Waals surface area contributed by atoms with Crippen LogP contribution in [0.4, 0.5) is 10.1 Å². The number of hydrogen-bond acceptors (Lipinski definition) is 3. The number of nitrogens with one attached hydrogen (secondary N) is 1. The summed E-state index contributed by atoms with van der Waals surface area (Å²) in [5, 5.41) is 3.09. The Balaban J connectivity index is 2.27. The number of halogens is 1. The van der Waals surface area contributed by atoms with Crippen molar-refractivity contribution in [3.05, 3.63) is 59.7 Å². The van der Waals surface area contributed by atoms with Crippen LogP contribution in [0.25, 0.3) is 0 Å². The molecule has 2 aromatic rings. The molecule has 0 saturated heterocycles. The first-order chi connectivity index (χ1) is 9.74. The monoisotopic (exact) mass is 273 g/mol. The van der Waals surface area contributed by atoms with Crippen LogP contribution in [-0.4, -0.2) is 18.6 Å². The highest BCUT2D eigenvalue weighted by Crippen LogP contribution is 2.23. The minimum Gasteiger partial charge on any atom is -0.367 e. The van der Waals surface area contributed by atoms with Gasteiger partial charge in [0.2, 0.25) is 0 Å². The summed E-state index contributed by atoms with van der Waals surface area (Å²) in [6, 6.07) is 8.98. The molecular weight excluding hydrogens is 253 g/mol. The normalized spacial score (nSPS) is 10.6. The molecule has 1 aromatic heterocycles. The third-order valence-corrected chi connectivity index (χ3v) is 3.25. The fourth-order valence-corrected chi connectivity index (χ4v) is 2.27. The second-order valence-corrected chi connectivity index (χ2v) is 4.67. The lowest BCUT2D eigenvalue weighted by atomic mass is 10.1. The lowest BCUT2D eigenvalue weighted by Gasteiger charge is -2.26. The Morgan fingerprint density at radius 2 is 1.95 bits per heavy atom. The van der Waals surface area contributed by atoms with E-state index in [4.69, 9.17) is 0 Å². The standard InChI is InChI=1S/C16H20FN3/c1-3-20(12-13-6-8-19-9-7-13)16-5-4-15(17)10-14(16)11-18-2/h4-10,18H,3,11-12H2,1-2H3. The number of pyridine rings is 1. The number of rotatable bonds is 6. The van der Waals surface area contributed by atoms with Gasteiger partial charge in [0.15, 0.2) is 0 Å². The van der Waals surface area contributed by atoms with Crippen molar-refractivity contribution >= 4 is 5.69 Å². The van der Waals surface area contributed by atoms with Gasteiger partial charge in [0.25, 0.3) is 0 Å². The predicted molar refractivity (Wildman–Crippen MR) is 80.1 cm³/mol. The van der Waals surface area contributed by atoms with Gasteiger partial charge in [-0.05, 0) is 55.4 Å². The highest BCUT2D eigenvalue weighted by atomic mass is 19.1. The average Bonchev–Trinajstić information content (AvgIpc) is 2.47. The third kappa shape index (κ3) is 3.54. The van der Waals surface area contributed by atoms with Crippen molar-refractivity contribution in [3.8, 4) is 0 Å². The molecule has 0 bridgehead atoms. The molecule has 0 amide bonds. The molecule has 0 aliphatic heterocycles. The van der Waals surface area contributed by atoms with E-state index in [1.165, 1.54) is 11.6 Å². The van der Waals surface area contributed by atoms with Gasteiger partial charge in [0.1, 0.15) is 5.82 Å². The van der Waals surface area contributed by atoms with Crippen LogP contribution in [0.2, 0.25) is 0 Å². The molecule has 1 heterocycles. The lowest BCUT2D eigenvalue weighted by Crippen LogP contribution is -2.24. The van der Waals surface area contributed by atoms with Crippen molar-refractivity contribution in [2.24, 2.45) is 0 Å². The van der Waals surface area contributed by atoms with Gasteiger partial charge in [-0.1, -0.05) is 0 Å². The number of anilines is 1. The maximum atomic E-state index is 13.4. The first kappa shape index (κ1) is 14.5. The van der Waals surface area contributed by atoms with Crippen molar-refractivity contribution in [3.63, 3.8) is 0 Å². The molecule has 0 aliphatic carbocycles. The zero-order chi connectivity index (χ0) is 14.4. The summed E-state index contributed by atoms with van der Waals surface area (Å²) in [6.07, 6.45) is 3.59. The van der Waals surface area contributed by atoms with Crippen molar-refractivity contribution in [2.75, 3.05) is 18.5 Å². The minimum absolute atomic E-state index is 0.195. The summed E-state index contributed by atoms with van der Waals surface area (Å²) < 4.78 is 13.4. The van der Waals surface area contributed by atoms with Crippen molar-refractivity contribution in [1.29, 1.82) is 0 Å².